The maximum atomic E-state index is 13.1. The van der Waals surface area contributed by atoms with Gasteiger partial charge in [0.05, 0.1) is 0 Å². The topological polar surface area (TPSA) is 12.9 Å². The molecule has 0 bridgehead atoms. The molecule has 2 aromatic rings. The first-order chi connectivity index (χ1) is 7.31. The highest BCUT2D eigenvalue weighted by atomic mass is 19.1. The van der Waals surface area contributed by atoms with E-state index < -0.39 is 0 Å². The van der Waals surface area contributed by atoms with Crippen LogP contribution in [-0.2, 0) is 6.42 Å². The number of nitrogens with zero attached hydrogens (tertiary/aromatic N) is 1. The number of benzene rings is 1. The summed E-state index contributed by atoms with van der Waals surface area (Å²) in [6.07, 6.45) is 2.62. The van der Waals surface area contributed by atoms with Gasteiger partial charge in [-0.15, -0.1) is 0 Å². The van der Waals surface area contributed by atoms with Gasteiger partial charge in [-0.3, -0.25) is 4.98 Å². The fraction of sp³-hybridized carbons (Fsp3) is 0.154. The van der Waals surface area contributed by atoms with Gasteiger partial charge >= 0.3 is 0 Å². The zero-order valence-electron chi connectivity index (χ0n) is 8.57. The lowest BCUT2D eigenvalue weighted by molar-refractivity contribution is 0.628. The van der Waals surface area contributed by atoms with Crippen LogP contribution >= 0.6 is 0 Å². The molecule has 2 rings (SSSR count). The Balaban J connectivity index is 2.53. The molecule has 1 aromatic heterocycles. The minimum Gasteiger partial charge on any atom is -0.261 e. The maximum absolute atomic E-state index is 13.1. The zero-order chi connectivity index (χ0) is 10.7. The Labute approximate surface area is 88.6 Å². The molecular weight excluding hydrogens is 189 g/mol. The maximum Gasteiger partial charge on any atom is 0.123 e. The van der Waals surface area contributed by atoms with Gasteiger partial charge in [0.25, 0.3) is 0 Å². The molecule has 0 aliphatic rings. The van der Waals surface area contributed by atoms with E-state index in [0.29, 0.717) is 0 Å². The second-order valence-corrected chi connectivity index (χ2v) is 3.36. The molecular formula is C13H12FN. The number of pyridine rings is 1. The van der Waals surface area contributed by atoms with Crippen molar-refractivity contribution < 1.29 is 4.39 Å². The van der Waals surface area contributed by atoms with Crippen molar-refractivity contribution in [1.82, 2.24) is 4.98 Å². The van der Waals surface area contributed by atoms with Crippen molar-refractivity contribution in [3.63, 3.8) is 0 Å². The Bertz CT molecular complexity index is 466. The van der Waals surface area contributed by atoms with Crippen molar-refractivity contribution in [1.29, 1.82) is 0 Å². The molecule has 0 unspecified atom stereocenters. The Morgan fingerprint density at radius 3 is 2.80 bits per heavy atom. The Morgan fingerprint density at radius 1 is 1.20 bits per heavy atom. The summed E-state index contributed by atoms with van der Waals surface area (Å²) in [5.41, 5.74) is 2.91. The molecule has 76 valence electrons. The highest BCUT2D eigenvalue weighted by Crippen LogP contribution is 2.22. The van der Waals surface area contributed by atoms with Gasteiger partial charge in [0.2, 0.25) is 0 Å². The minimum atomic E-state index is -0.210. The molecule has 0 aliphatic heterocycles. The lowest BCUT2D eigenvalue weighted by Gasteiger charge is -2.06. The third-order valence-corrected chi connectivity index (χ3v) is 2.36. The van der Waals surface area contributed by atoms with Crippen LogP contribution < -0.4 is 0 Å². The van der Waals surface area contributed by atoms with Gasteiger partial charge in [0.15, 0.2) is 0 Å². The van der Waals surface area contributed by atoms with Crippen LogP contribution in [0.2, 0.25) is 0 Å². The highest BCUT2D eigenvalue weighted by Gasteiger charge is 2.04. The van der Waals surface area contributed by atoms with Crippen molar-refractivity contribution in [3.8, 4) is 11.1 Å². The van der Waals surface area contributed by atoms with Gasteiger partial charge in [0.1, 0.15) is 5.82 Å². The van der Waals surface area contributed by atoms with Crippen LogP contribution in [0.25, 0.3) is 11.1 Å². The molecule has 0 saturated heterocycles. The number of hydrogen-bond donors (Lipinski definition) is 0. The zero-order valence-corrected chi connectivity index (χ0v) is 8.57. The van der Waals surface area contributed by atoms with E-state index in [1.54, 1.807) is 12.3 Å². The van der Waals surface area contributed by atoms with E-state index in [9.17, 15) is 4.39 Å². The lowest BCUT2D eigenvalue weighted by atomic mass is 10.0. The number of aromatic nitrogens is 1. The number of aryl methyl sites for hydroxylation is 1. The van der Waals surface area contributed by atoms with Crippen molar-refractivity contribution in [2.45, 2.75) is 13.3 Å². The minimum absolute atomic E-state index is 0.210. The van der Waals surface area contributed by atoms with Crippen molar-refractivity contribution in [2.75, 3.05) is 0 Å². The van der Waals surface area contributed by atoms with Crippen molar-refractivity contribution in [2.24, 2.45) is 0 Å². The number of hydrogen-bond acceptors (Lipinski definition) is 1. The Hall–Kier alpha value is -1.70. The normalized spacial score (nSPS) is 10.3. The van der Waals surface area contributed by atoms with Gasteiger partial charge in [0, 0.05) is 17.5 Å². The standard InChI is InChI=1S/C13H12FN/c1-2-13-12(7-4-8-15-13)10-5-3-6-11(14)9-10/h3-9H,2H2,1H3. The Morgan fingerprint density at radius 2 is 2.07 bits per heavy atom. The molecule has 1 nitrogen and oxygen atoms in total. The summed E-state index contributed by atoms with van der Waals surface area (Å²) in [7, 11) is 0. The third kappa shape index (κ3) is 2.04. The van der Waals surface area contributed by atoms with E-state index in [1.807, 2.05) is 25.1 Å². The molecule has 0 N–H and O–H groups in total. The van der Waals surface area contributed by atoms with Crippen LogP contribution in [0.3, 0.4) is 0 Å². The molecule has 0 radical (unpaired) electrons. The molecule has 0 aliphatic carbocycles. The summed E-state index contributed by atoms with van der Waals surface area (Å²) in [6, 6.07) is 10.5. The van der Waals surface area contributed by atoms with Crippen LogP contribution in [0.5, 0.6) is 0 Å². The predicted octanol–water partition coefficient (Wildman–Crippen LogP) is 3.45. The van der Waals surface area contributed by atoms with Gasteiger partial charge in [-0.2, -0.15) is 0 Å². The average Bonchev–Trinajstić information content (AvgIpc) is 2.29. The molecule has 0 amide bonds. The van der Waals surface area contributed by atoms with E-state index in [4.69, 9.17) is 0 Å². The first kappa shape index (κ1) is 9.84. The quantitative estimate of drug-likeness (QED) is 0.725. The highest BCUT2D eigenvalue weighted by molar-refractivity contribution is 5.65. The summed E-state index contributed by atoms with van der Waals surface area (Å²) in [4.78, 5) is 4.28. The first-order valence-electron chi connectivity index (χ1n) is 5.01. The summed E-state index contributed by atoms with van der Waals surface area (Å²) in [5, 5.41) is 0. The first-order valence-corrected chi connectivity index (χ1v) is 5.01. The number of halogens is 1. The molecule has 0 saturated carbocycles. The Kier molecular flexibility index (Phi) is 2.77. The monoisotopic (exact) mass is 201 g/mol. The second kappa shape index (κ2) is 4.22. The van der Waals surface area contributed by atoms with Gasteiger partial charge < -0.3 is 0 Å². The van der Waals surface area contributed by atoms with E-state index in [-0.39, 0.29) is 5.82 Å². The van der Waals surface area contributed by atoms with Crippen molar-refractivity contribution >= 4 is 0 Å². The van der Waals surface area contributed by atoms with Crippen LogP contribution in [0.1, 0.15) is 12.6 Å². The van der Waals surface area contributed by atoms with Crippen molar-refractivity contribution in [3.05, 3.63) is 54.1 Å². The molecule has 1 heterocycles. The summed E-state index contributed by atoms with van der Waals surface area (Å²) < 4.78 is 13.1. The number of rotatable bonds is 2. The van der Waals surface area contributed by atoms with E-state index in [2.05, 4.69) is 4.98 Å². The fourth-order valence-electron chi connectivity index (χ4n) is 1.64. The predicted molar refractivity (Wildman–Crippen MR) is 59.0 cm³/mol. The van der Waals surface area contributed by atoms with E-state index in [1.165, 1.54) is 12.1 Å². The summed E-state index contributed by atoms with van der Waals surface area (Å²) in [6.45, 7) is 2.05. The molecule has 2 heteroatoms. The lowest BCUT2D eigenvalue weighted by Crippen LogP contribution is -1.91. The van der Waals surface area contributed by atoms with Crippen LogP contribution in [0.15, 0.2) is 42.6 Å². The molecule has 0 spiro atoms. The van der Waals surface area contributed by atoms with Crippen LogP contribution in [-0.4, -0.2) is 4.98 Å². The molecule has 15 heavy (non-hydrogen) atoms. The fourth-order valence-corrected chi connectivity index (χ4v) is 1.64. The largest absolute Gasteiger partial charge is 0.261 e. The molecule has 1 aromatic carbocycles. The van der Waals surface area contributed by atoms with Crippen LogP contribution in [0.4, 0.5) is 4.39 Å². The summed E-state index contributed by atoms with van der Waals surface area (Å²) in [5.74, 6) is -0.210. The van der Waals surface area contributed by atoms with Gasteiger partial charge in [-0.25, -0.2) is 4.39 Å². The van der Waals surface area contributed by atoms with E-state index in [0.717, 1.165) is 23.2 Å². The van der Waals surface area contributed by atoms with Gasteiger partial charge in [-0.1, -0.05) is 25.1 Å². The second-order valence-electron chi connectivity index (χ2n) is 3.36. The average molecular weight is 201 g/mol. The molecule has 0 atom stereocenters. The smallest absolute Gasteiger partial charge is 0.123 e. The molecule has 0 fully saturated rings. The van der Waals surface area contributed by atoms with Gasteiger partial charge in [-0.05, 0) is 30.2 Å². The third-order valence-electron chi connectivity index (χ3n) is 2.36. The SMILES string of the molecule is CCc1ncccc1-c1cccc(F)c1. The van der Waals surface area contributed by atoms with Crippen LogP contribution in [0, 0.1) is 5.82 Å². The van der Waals surface area contributed by atoms with E-state index >= 15 is 0 Å². The summed E-state index contributed by atoms with van der Waals surface area (Å²) >= 11 is 0.